The first-order valence-corrected chi connectivity index (χ1v) is 9.79. The Bertz CT molecular complexity index is 786. The van der Waals surface area contributed by atoms with Gasteiger partial charge >= 0.3 is 0 Å². The minimum atomic E-state index is 0.161. The molecule has 5 heteroatoms. The normalized spacial score (nSPS) is 27.3. The van der Waals surface area contributed by atoms with Gasteiger partial charge in [0.2, 0.25) is 0 Å². The maximum Gasteiger partial charge on any atom is 0.254 e. The Labute approximate surface area is 153 Å². The highest BCUT2D eigenvalue weighted by atomic mass is 32.1. The average Bonchev–Trinajstić information content (AvgIpc) is 3.11. The number of rotatable bonds is 3. The van der Waals surface area contributed by atoms with Gasteiger partial charge in [0.25, 0.3) is 5.91 Å². The maximum absolute atomic E-state index is 13.2. The van der Waals surface area contributed by atoms with Crippen molar-refractivity contribution in [3.05, 3.63) is 41.4 Å². The molecule has 2 heterocycles. The number of thiazole rings is 1. The van der Waals surface area contributed by atoms with Crippen LogP contribution in [0.25, 0.3) is 0 Å². The number of hydrogen-bond donors (Lipinski definition) is 1. The molecule has 25 heavy (non-hydrogen) atoms. The summed E-state index contributed by atoms with van der Waals surface area (Å²) in [7, 11) is 0. The fraction of sp³-hybridized carbons (Fsp3) is 0.500. The predicted molar refractivity (Wildman–Crippen MR) is 102 cm³/mol. The first kappa shape index (κ1) is 16.6. The van der Waals surface area contributed by atoms with Crippen LogP contribution in [-0.4, -0.2) is 28.4 Å². The lowest BCUT2D eigenvalue weighted by atomic mass is 9.65. The smallest absolute Gasteiger partial charge is 0.254 e. The van der Waals surface area contributed by atoms with Crippen molar-refractivity contribution in [2.75, 3.05) is 11.9 Å². The third kappa shape index (κ3) is 3.30. The molecule has 2 unspecified atom stereocenters. The number of benzene rings is 1. The molecular weight excluding hydrogens is 330 g/mol. The highest BCUT2D eigenvalue weighted by Gasteiger charge is 2.50. The standard InChI is InChI=1S/C20H25N3OS/c1-19(2)10-16-11-20(3,12-19)13-23(16)17(24)14-5-4-6-15(9-14)22-18-21-7-8-25-18/h4-9,16H,10-13H2,1-3H3,(H,21,22). The zero-order valence-electron chi connectivity index (χ0n) is 15.1. The summed E-state index contributed by atoms with van der Waals surface area (Å²) >= 11 is 1.55. The SMILES string of the molecule is CC1(C)CC2CC(C)(CN2C(=O)c2cccc(Nc3nccs3)c2)C1. The van der Waals surface area contributed by atoms with Gasteiger partial charge in [-0.1, -0.05) is 26.8 Å². The number of fused-ring (bicyclic) bond motifs is 2. The molecule has 1 saturated heterocycles. The molecule has 132 valence electrons. The summed E-state index contributed by atoms with van der Waals surface area (Å²) in [5, 5.41) is 6.05. The van der Waals surface area contributed by atoms with Crippen molar-refractivity contribution in [1.29, 1.82) is 0 Å². The van der Waals surface area contributed by atoms with Gasteiger partial charge in [0.05, 0.1) is 0 Å². The van der Waals surface area contributed by atoms with Crippen LogP contribution in [0.1, 0.15) is 50.4 Å². The van der Waals surface area contributed by atoms with E-state index in [4.69, 9.17) is 0 Å². The molecule has 4 rings (SSSR count). The van der Waals surface area contributed by atoms with E-state index in [0.717, 1.165) is 35.8 Å². The Morgan fingerprint density at radius 1 is 1.32 bits per heavy atom. The van der Waals surface area contributed by atoms with Crippen LogP contribution in [0.4, 0.5) is 10.8 Å². The molecule has 1 aliphatic carbocycles. The van der Waals surface area contributed by atoms with Crippen molar-refractivity contribution in [3.63, 3.8) is 0 Å². The molecule has 0 spiro atoms. The molecular formula is C20H25N3OS. The molecule has 2 fully saturated rings. The minimum Gasteiger partial charge on any atom is -0.335 e. The molecule has 4 nitrogen and oxygen atoms in total. The molecule has 2 atom stereocenters. The summed E-state index contributed by atoms with van der Waals surface area (Å²) in [5.74, 6) is 0.161. The number of anilines is 2. The van der Waals surface area contributed by atoms with Crippen molar-refractivity contribution < 1.29 is 4.79 Å². The number of amides is 1. The van der Waals surface area contributed by atoms with Crippen LogP contribution in [0.3, 0.4) is 0 Å². The zero-order valence-corrected chi connectivity index (χ0v) is 15.9. The maximum atomic E-state index is 13.2. The summed E-state index contributed by atoms with van der Waals surface area (Å²) in [6.45, 7) is 7.90. The Balaban J connectivity index is 1.55. The molecule has 2 aromatic rings. The molecule has 1 amide bonds. The Hall–Kier alpha value is -1.88. The topological polar surface area (TPSA) is 45.2 Å². The number of nitrogens with one attached hydrogen (secondary N) is 1. The first-order chi connectivity index (χ1) is 11.8. The molecule has 1 N–H and O–H groups in total. The molecule has 2 bridgehead atoms. The van der Waals surface area contributed by atoms with Gasteiger partial charge in [0.1, 0.15) is 0 Å². The van der Waals surface area contributed by atoms with Crippen LogP contribution in [0.5, 0.6) is 0 Å². The van der Waals surface area contributed by atoms with E-state index in [9.17, 15) is 4.79 Å². The number of aromatic nitrogens is 1. The van der Waals surface area contributed by atoms with Gasteiger partial charge in [-0.3, -0.25) is 4.79 Å². The summed E-state index contributed by atoms with van der Waals surface area (Å²) in [6, 6.07) is 8.16. The van der Waals surface area contributed by atoms with E-state index in [1.165, 1.54) is 6.42 Å². The van der Waals surface area contributed by atoms with E-state index in [-0.39, 0.29) is 11.3 Å². The van der Waals surface area contributed by atoms with Crippen molar-refractivity contribution in [2.45, 2.75) is 46.1 Å². The highest BCUT2D eigenvalue weighted by Crippen LogP contribution is 2.52. The van der Waals surface area contributed by atoms with Crippen molar-refractivity contribution >= 4 is 28.1 Å². The van der Waals surface area contributed by atoms with E-state index in [0.29, 0.717) is 11.5 Å². The summed E-state index contributed by atoms with van der Waals surface area (Å²) < 4.78 is 0. The van der Waals surface area contributed by atoms with Gasteiger partial charge < -0.3 is 10.2 Å². The Kier molecular flexibility index (Phi) is 3.87. The quantitative estimate of drug-likeness (QED) is 0.849. The van der Waals surface area contributed by atoms with Gasteiger partial charge in [-0.15, -0.1) is 11.3 Å². The summed E-state index contributed by atoms with van der Waals surface area (Å²) in [4.78, 5) is 19.5. The second kappa shape index (κ2) is 5.84. The molecule has 1 aliphatic heterocycles. The lowest BCUT2D eigenvalue weighted by Gasteiger charge is -2.39. The van der Waals surface area contributed by atoms with E-state index in [1.807, 2.05) is 29.6 Å². The second-order valence-corrected chi connectivity index (χ2v) is 9.58. The van der Waals surface area contributed by atoms with Gasteiger partial charge in [-0.05, 0) is 48.3 Å². The van der Waals surface area contributed by atoms with E-state index in [1.54, 1.807) is 17.5 Å². The first-order valence-electron chi connectivity index (χ1n) is 8.91. The van der Waals surface area contributed by atoms with Crippen molar-refractivity contribution in [1.82, 2.24) is 9.88 Å². The number of nitrogens with zero attached hydrogens (tertiary/aromatic N) is 2. The molecule has 0 radical (unpaired) electrons. The van der Waals surface area contributed by atoms with Crippen LogP contribution < -0.4 is 5.32 Å². The number of carbonyl (C=O) groups excluding carboxylic acids is 1. The minimum absolute atomic E-state index is 0.161. The summed E-state index contributed by atoms with van der Waals surface area (Å²) in [6.07, 6.45) is 5.21. The lowest BCUT2D eigenvalue weighted by molar-refractivity contribution is 0.0708. The Morgan fingerprint density at radius 3 is 2.92 bits per heavy atom. The predicted octanol–water partition coefficient (Wildman–Crippen LogP) is 4.93. The number of likely N-dealkylation sites (tertiary alicyclic amines) is 1. The van der Waals surface area contributed by atoms with Crippen LogP contribution in [0, 0.1) is 10.8 Å². The number of carbonyl (C=O) groups is 1. The monoisotopic (exact) mass is 355 g/mol. The van der Waals surface area contributed by atoms with Crippen LogP contribution in [-0.2, 0) is 0 Å². The number of hydrogen-bond acceptors (Lipinski definition) is 4. The molecule has 1 aromatic heterocycles. The van der Waals surface area contributed by atoms with E-state index < -0.39 is 0 Å². The van der Waals surface area contributed by atoms with Gasteiger partial charge in [0.15, 0.2) is 5.13 Å². The van der Waals surface area contributed by atoms with Gasteiger partial charge in [-0.25, -0.2) is 4.98 Å². The second-order valence-electron chi connectivity index (χ2n) is 8.69. The lowest BCUT2D eigenvalue weighted by Crippen LogP contribution is -2.37. The third-order valence-corrected chi connectivity index (χ3v) is 6.16. The van der Waals surface area contributed by atoms with E-state index in [2.05, 4.69) is 36.0 Å². The van der Waals surface area contributed by atoms with E-state index >= 15 is 0 Å². The third-order valence-electron chi connectivity index (χ3n) is 5.47. The van der Waals surface area contributed by atoms with Crippen LogP contribution in [0.2, 0.25) is 0 Å². The fourth-order valence-electron chi connectivity index (χ4n) is 5.00. The fourth-order valence-corrected chi connectivity index (χ4v) is 5.55. The average molecular weight is 356 g/mol. The molecule has 1 aromatic carbocycles. The molecule has 1 saturated carbocycles. The zero-order chi connectivity index (χ0) is 17.7. The van der Waals surface area contributed by atoms with Crippen LogP contribution >= 0.6 is 11.3 Å². The largest absolute Gasteiger partial charge is 0.335 e. The molecule has 2 aliphatic rings. The summed E-state index contributed by atoms with van der Waals surface area (Å²) in [5.41, 5.74) is 2.25. The van der Waals surface area contributed by atoms with Crippen molar-refractivity contribution in [3.8, 4) is 0 Å². The highest BCUT2D eigenvalue weighted by molar-refractivity contribution is 7.13. The van der Waals surface area contributed by atoms with Crippen molar-refractivity contribution in [2.24, 2.45) is 10.8 Å². The van der Waals surface area contributed by atoms with Gasteiger partial charge in [-0.2, -0.15) is 0 Å². The van der Waals surface area contributed by atoms with Gasteiger partial charge in [0, 0.05) is 35.4 Å². The van der Waals surface area contributed by atoms with Crippen LogP contribution in [0.15, 0.2) is 35.8 Å². The Morgan fingerprint density at radius 2 is 2.16 bits per heavy atom.